The van der Waals surface area contributed by atoms with E-state index in [1.165, 1.54) is 0 Å². The van der Waals surface area contributed by atoms with Crippen LogP contribution in [0.4, 0.5) is 0 Å². The lowest BCUT2D eigenvalue weighted by molar-refractivity contribution is 0.631. The molecule has 16 heavy (non-hydrogen) atoms. The van der Waals surface area contributed by atoms with Crippen LogP contribution in [0.2, 0.25) is 29.7 Å². The zero-order chi connectivity index (χ0) is 13.6. The molecule has 0 saturated heterocycles. The fraction of sp³-hybridized carbons (Fsp3) is 1.00. The van der Waals surface area contributed by atoms with E-state index in [2.05, 4.69) is 93.0 Å². The van der Waals surface area contributed by atoms with Crippen LogP contribution in [0.25, 0.3) is 0 Å². The smallest absolute Gasteiger partial charge is 0.0805 e. The van der Waals surface area contributed by atoms with Crippen molar-refractivity contribution in [2.24, 2.45) is 0 Å². The van der Waals surface area contributed by atoms with Crippen molar-refractivity contribution < 1.29 is 0 Å². The third-order valence-electron chi connectivity index (χ3n) is 3.88. The zero-order valence-corrected chi connectivity index (χ0v) is 17.5. The molecule has 0 N–H and O–H groups in total. The van der Waals surface area contributed by atoms with Crippen LogP contribution in [-0.4, -0.2) is 18.5 Å². The molecule has 0 bridgehead atoms. The molecule has 0 fully saturated rings. The van der Waals surface area contributed by atoms with Gasteiger partial charge in [0.1, 0.15) is 0 Å². The molecule has 4 heteroatoms. The Morgan fingerprint density at radius 3 is 1.00 bits per heavy atom. The first-order chi connectivity index (χ1) is 6.69. The Hall–Kier alpha value is 1.39. The lowest BCUT2D eigenvalue weighted by Gasteiger charge is -2.60. The molecule has 0 amide bonds. The molecule has 0 radical (unpaired) electrons. The molecule has 0 aromatic carbocycles. The number of rotatable bonds is 2. The monoisotopic (exact) mass is 386 g/mol. The Bertz CT molecular complexity index is 205. The zero-order valence-electron chi connectivity index (χ0n) is 12.3. The third-order valence-corrected chi connectivity index (χ3v) is 30.7. The molecular weight excluding hydrogens is 360 g/mol. The SMILES string of the molecule is CC(C)(C)[Si](C(Br)Br)(C(C)(C)C)[Si](C)(C)C. The minimum atomic E-state index is -1.51. The Labute approximate surface area is 121 Å². The van der Waals surface area contributed by atoms with Crippen LogP contribution < -0.4 is 0 Å². The summed E-state index contributed by atoms with van der Waals surface area (Å²) in [6.07, 6.45) is 0. The molecule has 0 saturated carbocycles. The van der Waals surface area contributed by atoms with Crippen molar-refractivity contribution in [3.05, 3.63) is 0 Å². The fourth-order valence-electron chi connectivity index (χ4n) is 4.36. The first kappa shape index (κ1) is 17.4. The Kier molecular flexibility index (Phi) is 5.24. The summed E-state index contributed by atoms with van der Waals surface area (Å²) in [7, 11) is -2.73. The van der Waals surface area contributed by atoms with E-state index in [0.29, 0.717) is 13.4 Å². The van der Waals surface area contributed by atoms with Crippen molar-refractivity contribution >= 4 is 47.0 Å². The second-order valence-electron chi connectivity index (χ2n) is 7.86. The van der Waals surface area contributed by atoms with Crippen molar-refractivity contribution in [3.8, 4) is 0 Å². The fourth-order valence-corrected chi connectivity index (χ4v) is 49.1. The summed E-state index contributed by atoms with van der Waals surface area (Å²) in [6, 6.07) is 0. The van der Waals surface area contributed by atoms with E-state index >= 15 is 0 Å². The summed E-state index contributed by atoms with van der Waals surface area (Å²) in [4.78, 5) is 0. The molecule has 0 spiro atoms. The van der Waals surface area contributed by atoms with E-state index < -0.39 is 15.2 Å². The van der Waals surface area contributed by atoms with Gasteiger partial charge in [0.15, 0.2) is 0 Å². The highest BCUT2D eigenvalue weighted by Crippen LogP contribution is 2.59. The topological polar surface area (TPSA) is 0 Å². The maximum Gasteiger partial charge on any atom is 0.0859 e. The summed E-state index contributed by atoms with van der Waals surface area (Å²) in [5, 5.41) is 0.820. The Morgan fingerprint density at radius 2 is 1.00 bits per heavy atom. The van der Waals surface area contributed by atoms with Crippen LogP contribution in [0.15, 0.2) is 0 Å². The number of hydrogen-bond donors (Lipinski definition) is 0. The van der Waals surface area contributed by atoms with Gasteiger partial charge in [0.05, 0.1) is 11.0 Å². The predicted molar refractivity (Wildman–Crippen MR) is 90.2 cm³/mol. The van der Waals surface area contributed by atoms with Crippen LogP contribution in [0.1, 0.15) is 41.5 Å². The second kappa shape index (κ2) is 4.82. The average molecular weight is 388 g/mol. The Balaban J connectivity index is 6.05. The van der Waals surface area contributed by atoms with Gasteiger partial charge in [0.25, 0.3) is 0 Å². The van der Waals surface area contributed by atoms with Crippen LogP contribution in [-0.2, 0) is 0 Å². The van der Waals surface area contributed by atoms with Crippen LogP contribution in [0, 0.1) is 0 Å². The number of halogens is 2. The minimum Gasteiger partial charge on any atom is -0.0805 e. The average Bonchev–Trinajstić information content (AvgIpc) is 1.71. The second-order valence-corrected chi connectivity index (χ2v) is 29.2. The van der Waals surface area contributed by atoms with E-state index in [1.54, 1.807) is 0 Å². The maximum atomic E-state index is 3.92. The molecule has 0 aliphatic rings. The van der Waals surface area contributed by atoms with Crippen LogP contribution in [0.3, 0.4) is 0 Å². The largest absolute Gasteiger partial charge is 0.0859 e. The van der Waals surface area contributed by atoms with Gasteiger partial charge in [-0.3, -0.25) is 0 Å². The van der Waals surface area contributed by atoms with Gasteiger partial charge in [0.2, 0.25) is 0 Å². The quantitative estimate of drug-likeness (QED) is 0.396. The van der Waals surface area contributed by atoms with Gasteiger partial charge in [-0.15, -0.1) is 0 Å². The predicted octanol–water partition coefficient (Wildman–Crippen LogP) is 6.11. The molecule has 0 aliphatic heterocycles. The van der Waals surface area contributed by atoms with Crippen molar-refractivity contribution in [3.63, 3.8) is 0 Å². The summed E-state index contributed by atoms with van der Waals surface area (Å²) < 4.78 is 0.499. The van der Waals surface area contributed by atoms with Gasteiger partial charge < -0.3 is 0 Å². The molecule has 0 nitrogen and oxygen atoms in total. The third kappa shape index (κ3) is 2.70. The summed E-state index contributed by atoms with van der Waals surface area (Å²) in [5.41, 5.74) is 0. The van der Waals surface area contributed by atoms with Gasteiger partial charge >= 0.3 is 0 Å². The molecule has 0 rings (SSSR count). The van der Waals surface area contributed by atoms with Gasteiger partial charge in [-0.1, -0.05) is 93.0 Å². The summed E-state index contributed by atoms with van der Waals surface area (Å²) in [6.45, 7) is 22.3. The van der Waals surface area contributed by atoms with E-state index in [-0.39, 0.29) is 0 Å². The molecule has 0 unspecified atom stereocenters. The van der Waals surface area contributed by atoms with E-state index in [0.717, 1.165) is 0 Å². The first-order valence-corrected chi connectivity index (χ1v) is 14.4. The normalized spacial score (nSPS) is 15.8. The van der Waals surface area contributed by atoms with Gasteiger partial charge in [0, 0.05) is 7.59 Å². The lowest BCUT2D eigenvalue weighted by Crippen LogP contribution is -2.72. The Morgan fingerprint density at radius 1 is 0.750 bits per heavy atom. The maximum absolute atomic E-state index is 3.92. The van der Waals surface area contributed by atoms with Gasteiger partial charge in [-0.2, -0.15) is 0 Å². The molecule has 98 valence electrons. The highest BCUT2D eigenvalue weighted by atomic mass is 79.9. The molecule has 0 atom stereocenters. The number of hydrogen-bond acceptors (Lipinski definition) is 0. The minimum absolute atomic E-state index is 0.410. The molecular formula is C12H28Br2Si2. The van der Waals surface area contributed by atoms with Crippen molar-refractivity contribution in [2.75, 3.05) is 0 Å². The van der Waals surface area contributed by atoms with E-state index in [4.69, 9.17) is 0 Å². The first-order valence-electron chi connectivity index (χ1n) is 5.98. The number of alkyl halides is 2. The van der Waals surface area contributed by atoms with Crippen molar-refractivity contribution in [1.82, 2.24) is 0 Å². The highest BCUT2D eigenvalue weighted by molar-refractivity contribution is 9.25. The standard InChI is InChI=1S/C12H28Br2Si2/c1-11(2,3)16(10(13)14,12(4,5)6)15(7,8)9/h10H,1-9H3. The highest BCUT2D eigenvalue weighted by Gasteiger charge is 2.63. The molecule has 0 aromatic rings. The summed E-state index contributed by atoms with van der Waals surface area (Å²) in [5.74, 6) is 0. The van der Waals surface area contributed by atoms with Crippen molar-refractivity contribution in [2.45, 2.75) is 74.6 Å². The van der Waals surface area contributed by atoms with E-state index in [9.17, 15) is 0 Å². The van der Waals surface area contributed by atoms with E-state index in [1.807, 2.05) is 0 Å². The molecule has 0 heterocycles. The van der Waals surface area contributed by atoms with Gasteiger partial charge in [-0.05, 0) is 10.1 Å². The van der Waals surface area contributed by atoms with Crippen LogP contribution >= 0.6 is 31.9 Å². The van der Waals surface area contributed by atoms with Crippen molar-refractivity contribution in [1.29, 1.82) is 0 Å². The van der Waals surface area contributed by atoms with Crippen LogP contribution in [0.5, 0.6) is 0 Å². The molecule has 0 aliphatic carbocycles. The summed E-state index contributed by atoms with van der Waals surface area (Å²) >= 11 is 7.84. The lowest BCUT2D eigenvalue weighted by atomic mass is 10.2. The molecule has 0 aromatic heterocycles. The van der Waals surface area contributed by atoms with Gasteiger partial charge in [-0.25, -0.2) is 0 Å².